The Morgan fingerprint density at radius 3 is 2.83 bits per heavy atom. The van der Waals surface area contributed by atoms with Crippen LogP contribution in [0.1, 0.15) is 18.1 Å². The number of aryl methyl sites for hydroxylation is 1. The Labute approximate surface area is 109 Å². The van der Waals surface area contributed by atoms with Crippen molar-refractivity contribution < 1.29 is 4.79 Å². The molecule has 0 aromatic heterocycles. The highest BCUT2D eigenvalue weighted by atomic mass is 16.1. The molecule has 0 aliphatic heterocycles. The number of hydrogen-bond donors (Lipinski definition) is 2. The van der Waals surface area contributed by atoms with E-state index in [1.165, 1.54) is 11.1 Å². The first kappa shape index (κ1) is 14.5. The highest BCUT2D eigenvalue weighted by Crippen LogP contribution is 2.09. The molecule has 1 atom stereocenters. The lowest BCUT2D eigenvalue weighted by Gasteiger charge is -2.15. The summed E-state index contributed by atoms with van der Waals surface area (Å²) in [5, 5.41) is 5.96. The van der Waals surface area contributed by atoms with Crippen molar-refractivity contribution in [2.24, 2.45) is 0 Å². The SMILES string of the molecule is C=CCNCC(=O)NC(C)Cc1ccccc1C. The molecule has 3 heteroatoms. The Balaban J connectivity index is 2.37. The van der Waals surface area contributed by atoms with Crippen molar-refractivity contribution in [2.45, 2.75) is 26.3 Å². The maximum absolute atomic E-state index is 11.6. The van der Waals surface area contributed by atoms with Crippen LogP contribution in [0.25, 0.3) is 0 Å². The molecule has 1 aromatic rings. The first-order chi connectivity index (χ1) is 8.63. The Morgan fingerprint density at radius 1 is 1.44 bits per heavy atom. The zero-order chi connectivity index (χ0) is 13.4. The monoisotopic (exact) mass is 246 g/mol. The van der Waals surface area contributed by atoms with Gasteiger partial charge in [-0.25, -0.2) is 0 Å². The van der Waals surface area contributed by atoms with Crippen LogP contribution in [-0.2, 0) is 11.2 Å². The van der Waals surface area contributed by atoms with Gasteiger partial charge in [0.2, 0.25) is 5.91 Å². The van der Waals surface area contributed by atoms with Gasteiger partial charge < -0.3 is 10.6 Å². The molecule has 2 N–H and O–H groups in total. The predicted molar refractivity (Wildman–Crippen MR) is 75.6 cm³/mol. The number of rotatable bonds is 7. The maximum Gasteiger partial charge on any atom is 0.234 e. The van der Waals surface area contributed by atoms with E-state index >= 15 is 0 Å². The first-order valence-corrected chi connectivity index (χ1v) is 6.29. The standard InChI is InChI=1S/C15H22N2O/c1-4-9-16-11-15(18)17-13(3)10-14-8-6-5-7-12(14)2/h4-8,13,16H,1,9-11H2,2-3H3,(H,17,18). The van der Waals surface area contributed by atoms with Gasteiger partial charge in [-0.3, -0.25) is 4.79 Å². The topological polar surface area (TPSA) is 41.1 Å². The van der Waals surface area contributed by atoms with Gasteiger partial charge in [0.25, 0.3) is 0 Å². The second-order valence-electron chi connectivity index (χ2n) is 4.52. The van der Waals surface area contributed by atoms with E-state index in [9.17, 15) is 4.79 Å². The number of carbonyl (C=O) groups excluding carboxylic acids is 1. The van der Waals surface area contributed by atoms with Gasteiger partial charge in [0.1, 0.15) is 0 Å². The minimum atomic E-state index is 0.0259. The molecule has 0 spiro atoms. The van der Waals surface area contributed by atoms with Crippen molar-refractivity contribution >= 4 is 5.91 Å². The number of hydrogen-bond acceptors (Lipinski definition) is 2. The lowest BCUT2D eigenvalue weighted by molar-refractivity contribution is -0.120. The molecular formula is C15H22N2O. The molecule has 0 fully saturated rings. The third kappa shape index (κ3) is 5.15. The summed E-state index contributed by atoms with van der Waals surface area (Å²) in [5.74, 6) is 0.0259. The van der Waals surface area contributed by atoms with Gasteiger partial charge in [0.15, 0.2) is 0 Å². The van der Waals surface area contributed by atoms with E-state index in [0.717, 1.165) is 6.42 Å². The summed E-state index contributed by atoms with van der Waals surface area (Å²) in [6.07, 6.45) is 2.60. The summed E-state index contributed by atoms with van der Waals surface area (Å²) in [7, 11) is 0. The zero-order valence-electron chi connectivity index (χ0n) is 11.2. The molecule has 0 bridgehead atoms. The number of nitrogens with one attached hydrogen (secondary N) is 2. The molecule has 0 aliphatic carbocycles. The Morgan fingerprint density at radius 2 is 2.17 bits per heavy atom. The average Bonchev–Trinajstić information content (AvgIpc) is 2.32. The van der Waals surface area contributed by atoms with E-state index < -0.39 is 0 Å². The van der Waals surface area contributed by atoms with Crippen LogP contribution >= 0.6 is 0 Å². The van der Waals surface area contributed by atoms with Gasteiger partial charge >= 0.3 is 0 Å². The molecule has 0 saturated carbocycles. The molecular weight excluding hydrogens is 224 g/mol. The van der Waals surface area contributed by atoms with Crippen molar-refractivity contribution in [2.75, 3.05) is 13.1 Å². The molecule has 1 unspecified atom stereocenters. The van der Waals surface area contributed by atoms with Crippen LogP contribution in [0.15, 0.2) is 36.9 Å². The quantitative estimate of drug-likeness (QED) is 0.569. The Kier molecular flexibility index (Phi) is 6.15. The second-order valence-corrected chi connectivity index (χ2v) is 4.52. The van der Waals surface area contributed by atoms with Gasteiger partial charge in [-0.15, -0.1) is 6.58 Å². The Hall–Kier alpha value is -1.61. The van der Waals surface area contributed by atoms with Crippen LogP contribution in [0.4, 0.5) is 0 Å². The predicted octanol–water partition coefficient (Wildman–Crippen LogP) is 1.82. The van der Waals surface area contributed by atoms with E-state index in [0.29, 0.717) is 13.1 Å². The number of carbonyl (C=O) groups is 1. The fraction of sp³-hybridized carbons (Fsp3) is 0.400. The summed E-state index contributed by atoms with van der Waals surface area (Å²) in [6.45, 7) is 8.70. The van der Waals surface area contributed by atoms with Crippen LogP contribution in [0.3, 0.4) is 0 Å². The van der Waals surface area contributed by atoms with Crippen molar-refractivity contribution in [3.63, 3.8) is 0 Å². The van der Waals surface area contributed by atoms with Gasteiger partial charge in [-0.1, -0.05) is 30.3 Å². The molecule has 3 nitrogen and oxygen atoms in total. The van der Waals surface area contributed by atoms with E-state index in [4.69, 9.17) is 0 Å². The van der Waals surface area contributed by atoms with Crippen molar-refractivity contribution in [1.82, 2.24) is 10.6 Å². The largest absolute Gasteiger partial charge is 0.352 e. The van der Waals surface area contributed by atoms with Crippen LogP contribution in [0, 0.1) is 6.92 Å². The summed E-state index contributed by atoms with van der Waals surface area (Å²) in [5.41, 5.74) is 2.55. The fourth-order valence-electron chi connectivity index (χ4n) is 1.83. The summed E-state index contributed by atoms with van der Waals surface area (Å²) in [6, 6.07) is 8.40. The highest BCUT2D eigenvalue weighted by molar-refractivity contribution is 5.78. The van der Waals surface area contributed by atoms with Crippen LogP contribution in [0.5, 0.6) is 0 Å². The maximum atomic E-state index is 11.6. The first-order valence-electron chi connectivity index (χ1n) is 6.29. The molecule has 0 saturated heterocycles. The fourth-order valence-corrected chi connectivity index (χ4v) is 1.83. The van der Waals surface area contributed by atoms with Crippen molar-refractivity contribution in [1.29, 1.82) is 0 Å². The summed E-state index contributed by atoms with van der Waals surface area (Å²) in [4.78, 5) is 11.6. The molecule has 18 heavy (non-hydrogen) atoms. The second kappa shape index (κ2) is 7.67. The minimum absolute atomic E-state index is 0.0259. The molecule has 1 rings (SSSR count). The normalized spacial score (nSPS) is 11.9. The van der Waals surface area contributed by atoms with Crippen LogP contribution in [0.2, 0.25) is 0 Å². The highest BCUT2D eigenvalue weighted by Gasteiger charge is 2.08. The third-order valence-electron chi connectivity index (χ3n) is 2.77. The van der Waals surface area contributed by atoms with E-state index in [2.05, 4.69) is 36.3 Å². The number of amides is 1. The van der Waals surface area contributed by atoms with Gasteiger partial charge in [0.05, 0.1) is 6.54 Å². The van der Waals surface area contributed by atoms with Gasteiger partial charge in [-0.2, -0.15) is 0 Å². The third-order valence-corrected chi connectivity index (χ3v) is 2.77. The summed E-state index contributed by atoms with van der Waals surface area (Å²) >= 11 is 0. The molecule has 98 valence electrons. The lowest BCUT2D eigenvalue weighted by Crippen LogP contribution is -2.40. The molecule has 0 radical (unpaired) electrons. The van der Waals surface area contributed by atoms with E-state index in [-0.39, 0.29) is 11.9 Å². The number of benzene rings is 1. The van der Waals surface area contributed by atoms with E-state index in [1.807, 2.05) is 19.1 Å². The average molecular weight is 246 g/mol. The van der Waals surface area contributed by atoms with Crippen molar-refractivity contribution in [3.05, 3.63) is 48.0 Å². The minimum Gasteiger partial charge on any atom is -0.352 e. The molecule has 1 amide bonds. The molecule has 1 aromatic carbocycles. The van der Waals surface area contributed by atoms with Gasteiger partial charge in [0, 0.05) is 12.6 Å². The molecule has 0 aliphatic rings. The zero-order valence-corrected chi connectivity index (χ0v) is 11.2. The summed E-state index contributed by atoms with van der Waals surface area (Å²) < 4.78 is 0. The van der Waals surface area contributed by atoms with E-state index in [1.54, 1.807) is 6.08 Å². The van der Waals surface area contributed by atoms with Crippen molar-refractivity contribution in [3.8, 4) is 0 Å². The molecule has 0 heterocycles. The van der Waals surface area contributed by atoms with Crippen LogP contribution < -0.4 is 10.6 Å². The lowest BCUT2D eigenvalue weighted by atomic mass is 10.0. The van der Waals surface area contributed by atoms with Gasteiger partial charge in [-0.05, 0) is 31.4 Å². The smallest absolute Gasteiger partial charge is 0.234 e. The van der Waals surface area contributed by atoms with Crippen LogP contribution in [-0.4, -0.2) is 25.0 Å². The Bertz CT molecular complexity index is 401.